The molecular weight excluding hydrogens is 385 g/mol. The lowest BCUT2D eigenvalue weighted by Gasteiger charge is -2.40. The Balaban J connectivity index is 2.16. The molecule has 1 aromatic carbocycles. The highest BCUT2D eigenvalue weighted by Gasteiger charge is 2.36. The minimum Gasteiger partial charge on any atom is -0.444 e. The number of amides is 1. The molecule has 1 fully saturated rings. The highest BCUT2D eigenvalue weighted by molar-refractivity contribution is 5.69. The predicted octanol–water partition coefficient (Wildman–Crippen LogP) is 5.43. The van der Waals surface area contributed by atoms with Crippen molar-refractivity contribution in [1.29, 1.82) is 0 Å². The molecule has 0 aromatic heterocycles. The van der Waals surface area contributed by atoms with Crippen molar-refractivity contribution in [3.63, 3.8) is 0 Å². The van der Waals surface area contributed by atoms with Gasteiger partial charge in [0.2, 0.25) is 0 Å². The molecule has 158 valence electrons. The quantitative estimate of drug-likeness (QED) is 0.623. The second-order valence-electron chi connectivity index (χ2n) is 7.77. The van der Waals surface area contributed by atoms with Gasteiger partial charge in [0.05, 0.1) is 18.2 Å². The maximum absolute atomic E-state index is 12.7. The van der Waals surface area contributed by atoms with Crippen molar-refractivity contribution in [3.05, 3.63) is 35.4 Å². The van der Waals surface area contributed by atoms with E-state index in [9.17, 15) is 26.7 Å². The van der Waals surface area contributed by atoms with Gasteiger partial charge < -0.3 is 14.4 Å². The van der Waals surface area contributed by atoms with Gasteiger partial charge in [-0.25, -0.2) is 4.79 Å². The molecule has 0 unspecified atom stereocenters. The minimum atomic E-state index is -4.43. The maximum Gasteiger partial charge on any atom is 0.416 e. The second-order valence-corrected chi connectivity index (χ2v) is 7.77. The molecule has 9 heteroatoms. The number of piperidine rings is 1. The van der Waals surface area contributed by atoms with Gasteiger partial charge in [0.1, 0.15) is 5.60 Å². The van der Waals surface area contributed by atoms with Gasteiger partial charge in [0.15, 0.2) is 0 Å². The molecular formula is C19H24F5NO3. The molecule has 1 heterocycles. The molecule has 0 bridgehead atoms. The van der Waals surface area contributed by atoms with Gasteiger partial charge >= 0.3 is 18.9 Å². The second kappa shape index (κ2) is 8.63. The molecule has 1 amide bonds. The molecule has 1 aromatic rings. The average Bonchev–Trinajstić information content (AvgIpc) is 2.57. The Morgan fingerprint density at radius 3 is 2.25 bits per heavy atom. The van der Waals surface area contributed by atoms with E-state index >= 15 is 0 Å². The standard InChI is InChI=1S/C19H24F5NO3/c1-18(2,3)28-17(26)25-10-13(6-9-15(25)11-27-16(20)21)12-4-7-14(8-5-12)19(22,23)24/h4-5,7-8,13,15-16H,6,9-11H2,1-3H3/t13-,15-/m0/s1. The highest BCUT2D eigenvalue weighted by Crippen LogP contribution is 2.34. The number of alkyl halides is 5. The fourth-order valence-corrected chi connectivity index (χ4v) is 3.14. The number of carbonyl (C=O) groups excluding carboxylic acids is 1. The largest absolute Gasteiger partial charge is 0.444 e. The van der Waals surface area contributed by atoms with Crippen LogP contribution in [0.1, 0.15) is 50.7 Å². The summed E-state index contributed by atoms with van der Waals surface area (Å²) in [4.78, 5) is 13.9. The van der Waals surface area contributed by atoms with E-state index in [2.05, 4.69) is 4.74 Å². The molecule has 4 nitrogen and oxygen atoms in total. The molecule has 1 aliphatic heterocycles. The lowest BCUT2D eigenvalue weighted by atomic mass is 9.87. The zero-order valence-corrected chi connectivity index (χ0v) is 15.9. The van der Waals surface area contributed by atoms with E-state index in [1.165, 1.54) is 17.0 Å². The van der Waals surface area contributed by atoms with Crippen LogP contribution in [0.3, 0.4) is 0 Å². The third-order valence-corrected chi connectivity index (χ3v) is 4.46. The van der Waals surface area contributed by atoms with E-state index in [4.69, 9.17) is 4.74 Å². The van der Waals surface area contributed by atoms with Gasteiger partial charge in [0, 0.05) is 12.5 Å². The number of benzene rings is 1. The third-order valence-electron chi connectivity index (χ3n) is 4.46. The van der Waals surface area contributed by atoms with Crippen molar-refractivity contribution in [2.45, 2.75) is 64.0 Å². The molecule has 0 aliphatic carbocycles. The van der Waals surface area contributed by atoms with Gasteiger partial charge in [-0.05, 0) is 51.3 Å². The first-order valence-corrected chi connectivity index (χ1v) is 8.93. The van der Waals surface area contributed by atoms with Crippen molar-refractivity contribution in [2.24, 2.45) is 0 Å². The van der Waals surface area contributed by atoms with Crippen LogP contribution in [-0.4, -0.2) is 42.4 Å². The van der Waals surface area contributed by atoms with Crippen LogP contribution in [0, 0.1) is 0 Å². The van der Waals surface area contributed by atoms with Crippen LogP contribution in [0.15, 0.2) is 24.3 Å². The summed E-state index contributed by atoms with van der Waals surface area (Å²) in [6.07, 6.45) is -4.18. The number of likely N-dealkylation sites (tertiary alicyclic amines) is 1. The van der Waals surface area contributed by atoms with Gasteiger partial charge in [-0.3, -0.25) is 0 Å². The Labute approximate surface area is 160 Å². The minimum absolute atomic E-state index is 0.150. The molecule has 2 atom stereocenters. The smallest absolute Gasteiger partial charge is 0.416 e. The zero-order valence-electron chi connectivity index (χ0n) is 15.9. The lowest BCUT2D eigenvalue weighted by molar-refractivity contribution is -0.143. The maximum atomic E-state index is 12.7. The molecule has 0 spiro atoms. The molecule has 0 radical (unpaired) electrons. The Morgan fingerprint density at radius 2 is 1.75 bits per heavy atom. The summed E-state index contributed by atoms with van der Waals surface area (Å²) in [7, 11) is 0. The third kappa shape index (κ3) is 6.32. The number of nitrogens with zero attached hydrogens (tertiary/aromatic N) is 1. The first-order valence-electron chi connectivity index (χ1n) is 8.93. The van der Waals surface area contributed by atoms with Crippen LogP contribution in [0.5, 0.6) is 0 Å². The number of ether oxygens (including phenoxy) is 2. The summed E-state index contributed by atoms with van der Waals surface area (Å²) in [6.45, 7) is 1.92. The fourth-order valence-electron chi connectivity index (χ4n) is 3.14. The number of hydrogen-bond donors (Lipinski definition) is 0. The first-order chi connectivity index (χ1) is 12.9. The average molecular weight is 409 g/mol. The van der Waals surface area contributed by atoms with E-state index in [1.807, 2.05) is 0 Å². The summed E-state index contributed by atoms with van der Waals surface area (Å²) in [5.41, 5.74) is -0.874. The van der Waals surface area contributed by atoms with Crippen molar-refractivity contribution < 1.29 is 36.2 Å². The van der Waals surface area contributed by atoms with Gasteiger partial charge in [-0.1, -0.05) is 12.1 Å². The first kappa shape index (κ1) is 22.4. The number of rotatable bonds is 4. The van der Waals surface area contributed by atoms with E-state index in [1.54, 1.807) is 20.8 Å². The van der Waals surface area contributed by atoms with Crippen molar-refractivity contribution in [2.75, 3.05) is 13.2 Å². The van der Waals surface area contributed by atoms with E-state index in [-0.39, 0.29) is 19.1 Å². The van der Waals surface area contributed by atoms with Crippen molar-refractivity contribution >= 4 is 6.09 Å². The topological polar surface area (TPSA) is 38.8 Å². The summed E-state index contributed by atoms with van der Waals surface area (Å²) in [5.74, 6) is -0.224. The van der Waals surface area contributed by atoms with Gasteiger partial charge in [0.25, 0.3) is 0 Å². The SMILES string of the molecule is CC(C)(C)OC(=O)N1C[C@@H](c2ccc(C(F)(F)F)cc2)CC[C@H]1COC(F)F. The van der Waals surface area contributed by atoms with Crippen molar-refractivity contribution in [3.8, 4) is 0 Å². The normalized spacial score (nSPS) is 21.1. The number of hydrogen-bond acceptors (Lipinski definition) is 3. The number of carbonyl (C=O) groups is 1. The molecule has 1 aliphatic rings. The monoisotopic (exact) mass is 409 g/mol. The Hall–Kier alpha value is -1.90. The highest BCUT2D eigenvalue weighted by atomic mass is 19.4. The van der Waals surface area contributed by atoms with Crippen LogP contribution in [0.4, 0.5) is 26.7 Å². The summed E-state index contributed by atoms with van der Waals surface area (Å²) in [6, 6.07) is 4.18. The van der Waals surface area contributed by atoms with Crippen LogP contribution >= 0.6 is 0 Å². The molecule has 2 rings (SSSR count). The van der Waals surface area contributed by atoms with Crippen molar-refractivity contribution in [1.82, 2.24) is 4.90 Å². The van der Waals surface area contributed by atoms with E-state index < -0.39 is 36.1 Å². The predicted molar refractivity (Wildman–Crippen MR) is 92.1 cm³/mol. The van der Waals surface area contributed by atoms with Crippen LogP contribution in [0.25, 0.3) is 0 Å². The molecule has 1 saturated heterocycles. The Kier molecular flexibility index (Phi) is 6.90. The van der Waals surface area contributed by atoms with Crippen LogP contribution in [-0.2, 0) is 15.7 Å². The Morgan fingerprint density at radius 1 is 1.14 bits per heavy atom. The summed E-state index contributed by atoms with van der Waals surface area (Å²) in [5, 5.41) is 0. The fraction of sp³-hybridized carbons (Fsp3) is 0.632. The Bertz CT molecular complexity index is 655. The molecule has 0 saturated carbocycles. The van der Waals surface area contributed by atoms with Gasteiger partial charge in [-0.15, -0.1) is 0 Å². The van der Waals surface area contributed by atoms with Gasteiger partial charge in [-0.2, -0.15) is 22.0 Å². The van der Waals surface area contributed by atoms with E-state index in [0.29, 0.717) is 18.4 Å². The summed E-state index contributed by atoms with van der Waals surface area (Å²) < 4.78 is 72.8. The summed E-state index contributed by atoms with van der Waals surface area (Å²) >= 11 is 0. The lowest BCUT2D eigenvalue weighted by Crippen LogP contribution is -2.50. The molecule has 28 heavy (non-hydrogen) atoms. The van der Waals surface area contributed by atoms with E-state index in [0.717, 1.165) is 12.1 Å². The number of halogens is 5. The van der Waals surface area contributed by atoms with Crippen LogP contribution < -0.4 is 0 Å². The van der Waals surface area contributed by atoms with Crippen LogP contribution in [0.2, 0.25) is 0 Å². The molecule has 0 N–H and O–H groups in total. The zero-order chi connectivity index (χ0) is 21.1.